The highest BCUT2D eigenvalue weighted by atomic mass is 19.1. The predicted molar refractivity (Wildman–Crippen MR) is 80.7 cm³/mol. The molecule has 6 heteroatoms. The molecule has 0 spiro atoms. The summed E-state index contributed by atoms with van der Waals surface area (Å²) in [6, 6.07) is 5.10. The number of carbonyl (C=O) groups is 2. The van der Waals surface area contributed by atoms with Gasteiger partial charge in [0.15, 0.2) is 12.2 Å². The lowest BCUT2D eigenvalue weighted by atomic mass is 10.1. The van der Waals surface area contributed by atoms with E-state index in [1.807, 2.05) is 0 Å². The molecule has 1 saturated heterocycles. The minimum absolute atomic E-state index is 0.0171. The van der Waals surface area contributed by atoms with Crippen LogP contribution < -0.4 is 0 Å². The van der Waals surface area contributed by atoms with Crippen LogP contribution >= 0.6 is 0 Å². The molecule has 3 atom stereocenters. The third kappa shape index (κ3) is 5.11. The zero-order valence-electron chi connectivity index (χ0n) is 13.3. The van der Waals surface area contributed by atoms with Crippen molar-refractivity contribution in [2.24, 2.45) is 0 Å². The summed E-state index contributed by atoms with van der Waals surface area (Å²) >= 11 is 0. The van der Waals surface area contributed by atoms with E-state index in [0.29, 0.717) is 12.2 Å². The second-order valence-corrected chi connectivity index (χ2v) is 5.56. The Labute approximate surface area is 134 Å². The summed E-state index contributed by atoms with van der Waals surface area (Å²) in [4.78, 5) is 24.1. The van der Waals surface area contributed by atoms with Gasteiger partial charge in [-0.1, -0.05) is 0 Å². The summed E-state index contributed by atoms with van der Waals surface area (Å²) in [6.45, 7) is 4.11. The van der Waals surface area contributed by atoms with Gasteiger partial charge >= 0.3 is 5.97 Å². The highest BCUT2D eigenvalue weighted by Crippen LogP contribution is 2.14. The molecule has 0 bridgehead atoms. The topological polar surface area (TPSA) is 61.8 Å². The van der Waals surface area contributed by atoms with E-state index in [9.17, 15) is 14.0 Å². The van der Waals surface area contributed by atoms with Crippen molar-refractivity contribution in [3.8, 4) is 0 Å². The Morgan fingerprint density at radius 3 is 2.57 bits per heavy atom. The van der Waals surface area contributed by atoms with E-state index in [1.165, 1.54) is 31.2 Å². The Bertz CT molecular complexity index is 536. The summed E-state index contributed by atoms with van der Waals surface area (Å²) in [5.74, 6) is -1.42. The van der Waals surface area contributed by atoms with Crippen LogP contribution in [0, 0.1) is 5.82 Å². The largest absolute Gasteiger partial charge is 0.452 e. The normalized spacial score (nSPS) is 20.0. The van der Waals surface area contributed by atoms with E-state index >= 15 is 0 Å². The van der Waals surface area contributed by atoms with Crippen molar-refractivity contribution in [1.82, 2.24) is 0 Å². The quantitative estimate of drug-likeness (QED) is 0.570. The molecular formula is C17H21FO5. The second-order valence-electron chi connectivity index (χ2n) is 5.56. The molecule has 1 aliphatic heterocycles. The van der Waals surface area contributed by atoms with E-state index in [0.717, 1.165) is 19.4 Å². The molecule has 1 aromatic rings. The predicted octanol–water partition coefficient (Wildman–Crippen LogP) is 2.52. The number of rotatable bonds is 7. The third-order valence-corrected chi connectivity index (χ3v) is 3.68. The zero-order chi connectivity index (χ0) is 16.8. The lowest BCUT2D eigenvalue weighted by Crippen LogP contribution is -2.32. The maximum atomic E-state index is 12.9. The minimum atomic E-state index is -0.957. The number of ether oxygens (including phenoxy) is 3. The van der Waals surface area contributed by atoms with Gasteiger partial charge in [-0.2, -0.15) is 0 Å². The molecule has 1 heterocycles. The monoisotopic (exact) mass is 324 g/mol. The zero-order valence-corrected chi connectivity index (χ0v) is 13.3. The molecule has 0 aliphatic carbocycles. The fraction of sp³-hybridized carbons (Fsp3) is 0.529. The van der Waals surface area contributed by atoms with E-state index in [1.54, 1.807) is 6.92 Å². The van der Waals surface area contributed by atoms with Gasteiger partial charge in [0.25, 0.3) is 0 Å². The molecule has 2 rings (SSSR count). The van der Waals surface area contributed by atoms with Crippen LogP contribution in [-0.4, -0.2) is 43.3 Å². The van der Waals surface area contributed by atoms with E-state index < -0.39 is 24.0 Å². The Hall–Kier alpha value is -1.79. The number of carbonyl (C=O) groups excluding carboxylic acids is 2. The Morgan fingerprint density at radius 2 is 1.96 bits per heavy atom. The second kappa shape index (κ2) is 8.17. The van der Waals surface area contributed by atoms with Crippen LogP contribution in [0.4, 0.5) is 4.39 Å². The highest BCUT2D eigenvalue weighted by molar-refractivity contribution is 6.00. The summed E-state index contributed by atoms with van der Waals surface area (Å²) in [7, 11) is 0. The molecule has 23 heavy (non-hydrogen) atoms. The first-order chi connectivity index (χ1) is 11.0. The molecule has 1 aliphatic rings. The van der Waals surface area contributed by atoms with Crippen molar-refractivity contribution in [3.05, 3.63) is 35.6 Å². The fourth-order valence-corrected chi connectivity index (χ4v) is 2.27. The Balaban J connectivity index is 1.80. The number of hydrogen-bond donors (Lipinski definition) is 0. The van der Waals surface area contributed by atoms with E-state index in [4.69, 9.17) is 14.2 Å². The van der Waals surface area contributed by atoms with Gasteiger partial charge in [-0.15, -0.1) is 0 Å². The summed E-state index contributed by atoms with van der Waals surface area (Å²) in [5.41, 5.74) is 0.291. The number of Topliss-reactive ketones (excluding diaryl/α,β-unsaturated/α-hetero) is 1. The molecule has 0 amide bonds. The van der Waals surface area contributed by atoms with Crippen LogP contribution in [-0.2, 0) is 19.0 Å². The van der Waals surface area contributed by atoms with Crippen molar-refractivity contribution in [2.75, 3.05) is 13.2 Å². The van der Waals surface area contributed by atoms with Crippen LogP contribution in [0.3, 0.4) is 0 Å². The highest BCUT2D eigenvalue weighted by Gasteiger charge is 2.25. The number of halogens is 1. The van der Waals surface area contributed by atoms with Gasteiger partial charge in [-0.05, 0) is 51.0 Å². The van der Waals surface area contributed by atoms with Crippen LogP contribution in [0.1, 0.15) is 37.0 Å². The number of hydrogen-bond acceptors (Lipinski definition) is 5. The van der Waals surface area contributed by atoms with Gasteiger partial charge in [0, 0.05) is 12.2 Å². The molecule has 0 N–H and O–H groups in total. The van der Waals surface area contributed by atoms with E-state index in [-0.39, 0.29) is 11.9 Å². The van der Waals surface area contributed by atoms with Crippen LogP contribution in [0.2, 0.25) is 0 Å². The molecule has 1 fully saturated rings. The van der Waals surface area contributed by atoms with Gasteiger partial charge in [-0.25, -0.2) is 9.18 Å². The fourth-order valence-electron chi connectivity index (χ4n) is 2.27. The lowest BCUT2D eigenvalue weighted by Gasteiger charge is -2.18. The van der Waals surface area contributed by atoms with Gasteiger partial charge < -0.3 is 14.2 Å². The third-order valence-electron chi connectivity index (χ3n) is 3.68. The molecule has 3 unspecified atom stereocenters. The Morgan fingerprint density at radius 1 is 1.26 bits per heavy atom. The average Bonchev–Trinajstić information content (AvgIpc) is 3.05. The molecule has 1 aromatic carbocycles. The van der Waals surface area contributed by atoms with Crippen LogP contribution in [0.25, 0.3) is 0 Å². The number of esters is 1. The average molecular weight is 324 g/mol. The first-order valence-electron chi connectivity index (χ1n) is 7.71. The van der Waals surface area contributed by atoms with Crippen molar-refractivity contribution in [3.63, 3.8) is 0 Å². The van der Waals surface area contributed by atoms with Crippen molar-refractivity contribution in [2.45, 2.75) is 45.0 Å². The first kappa shape index (κ1) is 17.6. The molecule has 126 valence electrons. The summed E-state index contributed by atoms with van der Waals surface area (Å²) < 4.78 is 28.8. The molecule has 5 nitrogen and oxygen atoms in total. The van der Waals surface area contributed by atoms with Gasteiger partial charge in [0.2, 0.25) is 5.78 Å². The van der Waals surface area contributed by atoms with Crippen molar-refractivity contribution >= 4 is 11.8 Å². The van der Waals surface area contributed by atoms with Crippen molar-refractivity contribution in [1.29, 1.82) is 0 Å². The SMILES string of the molecule is CC(OCC1CCCO1)C(=O)OC(C)C(=O)c1ccc(F)cc1. The van der Waals surface area contributed by atoms with Gasteiger partial charge in [-0.3, -0.25) is 4.79 Å². The maximum Gasteiger partial charge on any atom is 0.335 e. The summed E-state index contributed by atoms with van der Waals surface area (Å²) in [6.07, 6.45) is 0.199. The molecule has 0 radical (unpaired) electrons. The van der Waals surface area contributed by atoms with Crippen molar-refractivity contribution < 1.29 is 28.2 Å². The number of ketones is 1. The maximum absolute atomic E-state index is 12.9. The first-order valence-corrected chi connectivity index (χ1v) is 7.71. The van der Waals surface area contributed by atoms with E-state index in [2.05, 4.69) is 0 Å². The van der Waals surface area contributed by atoms with Gasteiger partial charge in [0.1, 0.15) is 5.82 Å². The lowest BCUT2D eigenvalue weighted by molar-refractivity contribution is -0.160. The summed E-state index contributed by atoms with van der Waals surface area (Å²) in [5, 5.41) is 0. The molecular weight excluding hydrogens is 303 g/mol. The number of benzene rings is 1. The Kier molecular flexibility index (Phi) is 6.24. The molecule has 0 aromatic heterocycles. The van der Waals surface area contributed by atoms with Crippen LogP contribution in [0.15, 0.2) is 24.3 Å². The van der Waals surface area contributed by atoms with Crippen LogP contribution in [0.5, 0.6) is 0 Å². The standard InChI is InChI=1S/C17H21FO5/c1-11(16(19)13-5-7-14(18)8-6-13)23-17(20)12(2)22-10-15-4-3-9-21-15/h5-8,11-12,15H,3-4,9-10H2,1-2H3. The minimum Gasteiger partial charge on any atom is -0.452 e. The smallest absolute Gasteiger partial charge is 0.335 e. The molecule has 0 saturated carbocycles. The van der Waals surface area contributed by atoms with Gasteiger partial charge in [0.05, 0.1) is 12.7 Å².